The lowest BCUT2D eigenvalue weighted by molar-refractivity contribution is -0.121. The molecule has 0 unspecified atom stereocenters. The monoisotopic (exact) mass is 268 g/mol. The summed E-state index contributed by atoms with van der Waals surface area (Å²) in [6.45, 7) is 1.31. The maximum Gasteiger partial charge on any atom is 0.339 e. The van der Waals surface area contributed by atoms with E-state index in [1.165, 1.54) is 19.2 Å². The smallest absolute Gasteiger partial charge is 0.339 e. The molecule has 6 heteroatoms. The SMILES string of the molecule is COC(=O)c1ccc(Cl)cc1NC(=O)C1CNC1. The van der Waals surface area contributed by atoms with Gasteiger partial charge in [0.05, 0.1) is 24.3 Å². The van der Waals surface area contributed by atoms with Crippen molar-refractivity contribution in [1.29, 1.82) is 0 Å². The lowest BCUT2D eigenvalue weighted by atomic mass is 10.0. The van der Waals surface area contributed by atoms with E-state index < -0.39 is 5.97 Å². The summed E-state index contributed by atoms with van der Waals surface area (Å²) in [4.78, 5) is 23.4. The Kier molecular flexibility index (Phi) is 3.84. The molecule has 0 saturated carbocycles. The molecule has 0 radical (unpaired) electrons. The molecule has 1 saturated heterocycles. The van der Waals surface area contributed by atoms with Crippen LogP contribution in [0, 0.1) is 5.92 Å². The molecule has 2 rings (SSSR count). The van der Waals surface area contributed by atoms with Crippen LogP contribution in [0.5, 0.6) is 0 Å². The first kappa shape index (κ1) is 12.9. The molecule has 1 aliphatic heterocycles. The number of carbonyl (C=O) groups is 2. The fraction of sp³-hybridized carbons (Fsp3) is 0.333. The van der Waals surface area contributed by atoms with Gasteiger partial charge < -0.3 is 15.4 Å². The number of anilines is 1. The Bertz CT molecular complexity index is 486. The van der Waals surface area contributed by atoms with Crippen LogP contribution < -0.4 is 10.6 Å². The number of rotatable bonds is 3. The van der Waals surface area contributed by atoms with E-state index in [2.05, 4.69) is 15.4 Å². The van der Waals surface area contributed by atoms with Gasteiger partial charge in [0.25, 0.3) is 0 Å². The van der Waals surface area contributed by atoms with E-state index in [9.17, 15) is 9.59 Å². The van der Waals surface area contributed by atoms with Crippen molar-refractivity contribution in [2.24, 2.45) is 5.92 Å². The number of benzene rings is 1. The summed E-state index contributed by atoms with van der Waals surface area (Å²) in [7, 11) is 1.29. The van der Waals surface area contributed by atoms with Gasteiger partial charge in [-0.25, -0.2) is 4.79 Å². The van der Waals surface area contributed by atoms with Gasteiger partial charge in [0.15, 0.2) is 0 Å². The van der Waals surface area contributed by atoms with Gasteiger partial charge in [0.1, 0.15) is 0 Å². The first-order valence-electron chi connectivity index (χ1n) is 5.51. The zero-order valence-electron chi connectivity index (χ0n) is 9.83. The van der Waals surface area contributed by atoms with E-state index >= 15 is 0 Å². The Labute approximate surface area is 109 Å². The molecule has 5 nitrogen and oxygen atoms in total. The Morgan fingerprint density at radius 3 is 2.72 bits per heavy atom. The molecule has 1 aromatic rings. The molecule has 1 aromatic carbocycles. The van der Waals surface area contributed by atoms with E-state index in [-0.39, 0.29) is 11.8 Å². The second kappa shape index (κ2) is 5.37. The average Bonchev–Trinajstić information content (AvgIpc) is 2.25. The van der Waals surface area contributed by atoms with Crippen molar-refractivity contribution < 1.29 is 14.3 Å². The molecule has 0 atom stereocenters. The summed E-state index contributed by atoms with van der Waals surface area (Å²) in [6.07, 6.45) is 0. The van der Waals surface area contributed by atoms with Crippen LogP contribution in [-0.4, -0.2) is 32.1 Å². The minimum atomic E-state index is -0.506. The highest BCUT2D eigenvalue weighted by Crippen LogP contribution is 2.22. The Morgan fingerprint density at radius 1 is 1.44 bits per heavy atom. The molecular formula is C12H13ClN2O3. The van der Waals surface area contributed by atoms with Crippen LogP contribution in [0.2, 0.25) is 5.02 Å². The van der Waals surface area contributed by atoms with Gasteiger partial charge in [-0.2, -0.15) is 0 Å². The maximum atomic E-state index is 11.8. The summed E-state index contributed by atoms with van der Waals surface area (Å²) < 4.78 is 4.65. The number of amides is 1. The molecular weight excluding hydrogens is 256 g/mol. The summed E-state index contributed by atoms with van der Waals surface area (Å²) in [5.41, 5.74) is 0.675. The average molecular weight is 269 g/mol. The highest BCUT2D eigenvalue weighted by atomic mass is 35.5. The van der Waals surface area contributed by atoms with Gasteiger partial charge >= 0.3 is 5.97 Å². The van der Waals surface area contributed by atoms with E-state index in [0.717, 1.165) is 0 Å². The molecule has 1 aliphatic rings. The number of ether oxygens (including phenoxy) is 1. The quantitative estimate of drug-likeness (QED) is 0.811. The number of halogens is 1. The highest BCUT2D eigenvalue weighted by Gasteiger charge is 2.26. The number of carbonyl (C=O) groups excluding carboxylic acids is 2. The van der Waals surface area contributed by atoms with Crippen molar-refractivity contribution in [2.45, 2.75) is 0 Å². The zero-order valence-corrected chi connectivity index (χ0v) is 10.6. The van der Waals surface area contributed by atoms with E-state index in [1.807, 2.05) is 0 Å². The number of esters is 1. The summed E-state index contributed by atoms with van der Waals surface area (Å²) in [5.74, 6) is -0.690. The zero-order chi connectivity index (χ0) is 13.1. The predicted molar refractivity (Wildman–Crippen MR) is 67.8 cm³/mol. The third-order valence-corrected chi connectivity index (χ3v) is 3.03. The molecule has 18 heavy (non-hydrogen) atoms. The summed E-state index contributed by atoms with van der Waals surface area (Å²) >= 11 is 5.86. The second-order valence-electron chi connectivity index (χ2n) is 4.03. The largest absolute Gasteiger partial charge is 0.465 e. The molecule has 2 N–H and O–H groups in total. The van der Waals surface area contributed by atoms with Gasteiger partial charge in [-0.3, -0.25) is 4.79 Å². The molecule has 0 bridgehead atoms. The third-order valence-electron chi connectivity index (χ3n) is 2.80. The number of hydrogen-bond acceptors (Lipinski definition) is 4. The van der Waals surface area contributed by atoms with Crippen molar-refractivity contribution in [3.63, 3.8) is 0 Å². The second-order valence-corrected chi connectivity index (χ2v) is 4.46. The van der Waals surface area contributed by atoms with Crippen LogP contribution in [0.25, 0.3) is 0 Å². The van der Waals surface area contributed by atoms with Crippen LogP contribution in [0.15, 0.2) is 18.2 Å². The van der Waals surface area contributed by atoms with Crippen LogP contribution in [0.3, 0.4) is 0 Å². The van der Waals surface area contributed by atoms with Gasteiger partial charge in [-0.05, 0) is 18.2 Å². The van der Waals surface area contributed by atoms with Crippen molar-refractivity contribution in [2.75, 3.05) is 25.5 Å². The van der Waals surface area contributed by atoms with Crippen molar-refractivity contribution in [3.05, 3.63) is 28.8 Å². The Balaban J connectivity index is 2.21. The van der Waals surface area contributed by atoms with E-state index in [4.69, 9.17) is 11.6 Å². The molecule has 0 aromatic heterocycles. The molecule has 0 aliphatic carbocycles. The standard InChI is InChI=1S/C12H13ClN2O3/c1-18-12(17)9-3-2-8(13)4-10(9)15-11(16)7-5-14-6-7/h2-4,7,14H,5-6H2,1H3,(H,15,16). The molecule has 0 spiro atoms. The predicted octanol–water partition coefficient (Wildman–Crippen LogP) is 1.28. The lowest BCUT2D eigenvalue weighted by Gasteiger charge is -2.26. The van der Waals surface area contributed by atoms with Gasteiger partial charge in [-0.15, -0.1) is 0 Å². The topological polar surface area (TPSA) is 67.4 Å². The first-order valence-corrected chi connectivity index (χ1v) is 5.89. The van der Waals surface area contributed by atoms with Crippen molar-refractivity contribution >= 4 is 29.2 Å². The molecule has 1 heterocycles. The third kappa shape index (κ3) is 2.63. The van der Waals surface area contributed by atoms with Gasteiger partial charge in [-0.1, -0.05) is 11.6 Å². The van der Waals surface area contributed by atoms with Crippen molar-refractivity contribution in [3.8, 4) is 0 Å². The molecule has 1 fully saturated rings. The van der Waals surface area contributed by atoms with E-state index in [1.54, 1.807) is 6.07 Å². The van der Waals surface area contributed by atoms with Crippen LogP contribution in [0.4, 0.5) is 5.69 Å². The molecule has 96 valence electrons. The number of hydrogen-bond donors (Lipinski definition) is 2. The van der Waals surface area contributed by atoms with Gasteiger partial charge in [0.2, 0.25) is 5.91 Å². The summed E-state index contributed by atoms with van der Waals surface area (Å²) in [6, 6.07) is 4.65. The van der Waals surface area contributed by atoms with E-state index in [0.29, 0.717) is 29.4 Å². The van der Waals surface area contributed by atoms with Crippen LogP contribution >= 0.6 is 11.6 Å². The van der Waals surface area contributed by atoms with Gasteiger partial charge in [0, 0.05) is 18.1 Å². The number of methoxy groups -OCH3 is 1. The minimum Gasteiger partial charge on any atom is -0.465 e. The van der Waals surface area contributed by atoms with Crippen molar-refractivity contribution in [1.82, 2.24) is 5.32 Å². The Morgan fingerprint density at radius 2 is 2.17 bits per heavy atom. The maximum absolute atomic E-state index is 11.8. The molecule has 1 amide bonds. The highest BCUT2D eigenvalue weighted by molar-refractivity contribution is 6.31. The fourth-order valence-electron chi connectivity index (χ4n) is 1.62. The minimum absolute atomic E-state index is 0.0607. The first-order chi connectivity index (χ1) is 8.61. The van der Waals surface area contributed by atoms with Crippen LogP contribution in [-0.2, 0) is 9.53 Å². The summed E-state index contributed by atoms with van der Waals surface area (Å²) in [5, 5.41) is 6.16. The van der Waals surface area contributed by atoms with Crippen LogP contribution in [0.1, 0.15) is 10.4 Å². The fourth-order valence-corrected chi connectivity index (χ4v) is 1.79. The Hall–Kier alpha value is -1.59. The lowest BCUT2D eigenvalue weighted by Crippen LogP contribution is -2.48. The normalized spacial score (nSPS) is 14.8. The number of nitrogens with one attached hydrogen (secondary N) is 2.